The summed E-state index contributed by atoms with van der Waals surface area (Å²) in [5.74, 6) is 0. The van der Waals surface area contributed by atoms with Crippen LogP contribution in [0.4, 0.5) is 0 Å². The van der Waals surface area contributed by atoms with Crippen LogP contribution in [0, 0.1) is 0 Å². The van der Waals surface area contributed by atoms with Crippen LogP contribution in [0.1, 0.15) is 0 Å². The number of aliphatic hydroxyl groups excluding tert-OH is 1. The Kier molecular flexibility index (Phi) is 8.76. The van der Waals surface area contributed by atoms with Crippen molar-refractivity contribution in [3.05, 3.63) is 91.0 Å². The van der Waals surface area contributed by atoms with Crippen molar-refractivity contribution in [2.24, 2.45) is 0 Å². The fourth-order valence-corrected chi connectivity index (χ4v) is 8.76. The normalized spacial score (nSPS) is 11.2. The van der Waals surface area contributed by atoms with Crippen molar-refractivity contribution >= 4 is 65.5 Å². The molecule has 0 aliphatic heterocycles. The van der Waals surface area contributed by atoms with Crippen molar-refractivity contribution in [3.63, 3.8) is 0 Å². The summed E-state index contributed by atoms with van der Waals surface area (Å²) in [6.45, 7) is 0. The molecule has 0 aliphatic carbocycles. The van der Waals surface area contributed by atoms with Crippen molar-refractivity contribution in [2.75, 3.05) is 0 Å². The number of rotatable bonds is 3. The van der Waals surface area contributed by atoms with Gasteiger partial charge in [-0.25, -0.2) is 0 Å². The van der Waals surface area contributed by atoms with Gasteiger partial charge in [0.2, 0.25) is 3.79 Å². The fraction of sp³-hybridized carbons (Fsp3) is 0.100. The Morgan fingerprint density at radius 1 is 0.577 bits per heavy atom. The minimum absolute atomic E-state index is 1.52. The van der Waals surface area contributed by atoms with E-state index in [1.54, 1.807) is 0 Å². The van der Waals surface area contributed by atoms with E-state index in [1.165, 1.54) is 10.5 Å². The molecule has 3 rings (SSSR count). The second-order valence-electron chi connectivity index (χ2n) is 5.26. The zero-order valence-corrected chi connectivity index (χ0v) is 18.5. The number of hydrogen-bond acceptors (Lipinski definition) is 2. The molecule has 26 heavy (non-hydrogen) atoms. The van der Waals surface area contributed by atoms with Gasteiger partial charge < -0.3 is 10.2 Å². The van der Waals surface area contributed by atoms with Crippen LogP contribution in [-0.2, 0) is 0 Å². The molecule has 3 aromatic carbocycles. The molecule has 0 saturated carbocycles. The molecular weight excluding hydrogens is 500 g/mol. The van der Waals surface area contributed by atoms with E-state index in [0.717, 1.165) is 0 Å². The fourth-order valence-electron chi connectivity index (χ4n) is 2.18. The van der Waals surface area contributed by atoms with Crippen LogP contribution in [0.5, 0.6) is 0 Å². The number of halogens is 3. The first-order chi connectivity index (χ1) is 12.4. The maximum absolute atomic E-state index is 8.05. The third kappa shape index (κ3) is 6.77. The average Bonchev–Trinajstić information content (AvgIpc) is 2.64. The SMILES string of the molecule is OC(O)C(Cl)(Cl)Cl.c1cc[c]([Sb]([c]2ccccc2)[c]2ccccc2)cc1. The zero-order valence-electron chi connectivity index (χ0n) is 13.7. The molecule has 0 spiro atoms. The van der Waals surface area contributed by atoms with Gasteiger partial charge in [-0.15, -0.1) is 0 Å². The molecule has 136 valence electrons. The first-order valence-electron chi connectivity index (χ1n) is 7.77. The van der Waals surface area contributed by atoms with E-state index in [-0.39, 0.29) is 0 Å². The van der Waals surface area contributed by atoms with E-state index in [1.807, 2.05) is 0 Å². The summed E-state index contributed by atoms with van der Waals surface area (Å²) in [5, 5.41) is 16.1. The van der Waals surface area contributed by atoms with E-state index < -0.39 is 30.3 Å². The summed E-state index contributed by atoms with van der Waals surface area (Å²) in [5.41, 5.74) is 0. The summed E-state index contributed by atoms with van der Waals surface area (Å²) in [6, 6.07) is 32.9. The Balaban J connectivity index is 0.000000298. The third-order valence-electron chi connectivity index (χ3n) is 3.34. The van der Waals surface area contributed by atoms with Crippen molar-refractivity contribution in [2.45, 2.75) is 10.1 Å². The molecule has 0 unspecified atom stereocenters. The Morgan fingerprint density at radius 2 is 0.808 bits per heavy atom. The molecule has 0 aliphatic rings. The van der Waals surface area contributed by atoms with Crippen LogP contribution in [0.3, 0.4) is 0 Å². The van der Waals surface area contributed by atoms with Gasteiger partial charge in [-0.2, -0.15) is 0 Å². The van der Waals surface area contributed by atoms with Gasteiger partial charge in [0.15, 0.2) is 6.29 Å². The summed E-state index contributed by atoms with van der Waals surface area (Å²) in [6.07, 6.45) is -1.91. The van der Waals surface area contributed by atoms with Gasteiger partial charge in [-0.3, -0.25) is 0 Å². The zero-order chi connectivity index (χ0) is 19.0. The summed E-state index contributed by atoms with van der Waals surface area (Å²) in [7, 11) is 0. The van der Waals surface area contributed by atoms with Crippen LogP contribution in [0.15, 0.2) is 91.0 Å². The number of alkyl halides is 3. The maximum atomic E-state index is 8.05. The molecule has 0 aromatic heterocycles. The van der Waals surface area contributed by atoms with Crippen molar-refractivity contribution in [3.8, 4) is 0 Å². The Hall–Kier alpha value is -0.732. The van der Waals surface area contributed by atoms with Gasteiger partial charge in [0.25, 0.3) is 0 Å². The first kappa shape index (κ1) is 21.6. The van der Waals surface area contributed by atoms with E-state index in [0.29, 0.717) is 0 Å². The number of hydrogen-bond donors (Lipinski definition) is 2. The summed E-state index contributed by atoms with van der Waals surface area (Å²) < 4.78 is 2.58. The molecule has 0 bridgehead atoms. The Morgan fingerprint density at radius 3 is 1.00 bits per heavy atom. The molecule has 0 radical (unpaired) electrons. The summed E-state index contributed by atoms with van der Waals surface area (Å²) in [4.78, 5) is 0. The molecule has 0 heterocycles. The molecule has 0 fully saturated rings. The molecule has 6 heteroatoms. The predicted octanol–water partition coefficient (Wildman–Crippen LogP) is 2.87. The van der Waals surface area contributed by atoms with Gasteiger partial charge in [0.05, 0.1) is 0 Å². The van der Waals surface area contributed by atoms with Crippen molar-refractivity contribution in [1.82, 2.24) is 0 Å². The van der Waals surface area contributed by atoms with E-state index >= 15 is 0 Å². The second-order valence-corrected chi connectivity index (χ2v) is 14.0. The van der Waals surface area contributed by atoms with Gasteiger partial charge in [-0.1, -0.05) is 34.8 Å². The minimum atomic E-state index is -1.97. The third-order valence-corrected chi connectivity index (χ3v) is 10.9. The quantitative estimate of drug-likeness (QED) is 0.318. The standard InChI is InChI=1S/3C6H5.C2H3Cl3O2.Sb/c3*1-2-4-6-5-3-1;3-2(4,5)1(6)7;/h3*1-5H;1,6-7H;. The first-order valence-corrected chi connectivity index (χ1v) is 12.7. The summed E-state index contributed by atoms with van der Waals surface area (Å²) >= 11 is 12.9. The number of benzene rings is 3. The molecule has 2 nitrogen and oxygen atoms in total. The number of aliphatic hydroxyl groups is 2. The van der Waals surface area contributed by atoms with Gasteiger partial charge in [-0.05, 0) is 0 Å². The molecule has 0 atom stereocenters. The molecule has 0 saturated heterocycles. The topological polar surface area (TPSA) is 40.5 Å². The van der Waals surface area contributed by atoms with Crippen LogP contribution >= 0.6 is 34.8 Å². The molecule has 2 N–H and O–H groups in total. The van der Waals surface area contributed by atoms with Crippen LogP contribution in [0.2, 0.25) is 0 Å². The van der Waals surface area contributed by atoms with Gasteiger partial charge in [0, 0.05) is 0 Å². The van der Waals surface area contributed by atoms with E-state index in [4.69, 9.17) is 45.0 Å². The van der Waals surface area contributed by atoms with Crippen LogP contribution in [-0.4, -0.2) is 40.5 Å². The molecular formula is C20H18Cl3O2Sb. The van der Waals surface area contributed by atoms with Crippen molar-refractivity contribution < 1.29 is 10.2 Å². The second kappa shape index (κ2) is 10.6. The Bertz CT molecular complexity index is 669. The van der Waals surface area contributed by atoms with Gasteiger partial charge >= 0.3 is 122 Å². The van der Waals surface area contributed by atoms with Crippen LogP contribution in [0.25, 0.3) is 0 Å². The molecule has 3 aromatic rings. The van der Waals surface area contributed by atoms with Gasteiger partial charge in [0.1, 0.15) is 0 Å². The Labute approximate surface area is 175 Å². The van der Waals surface area contributed by atoms with E-state index in [2.05, 4.69) is 91.0 Å². The predicted molar refractivity (Wildman–Crippen MR) is 112 cm³/mol. The van der Waals surface area contributed by atoms with E-state index in [9.17, 15) is 0 Å². The van der Waals surface area contributed by atoms with Crippen molar-refractivity contribution in [1.29, 1.82) is 0 Å². The van der Waals surface area contributed by atoms with Crippen LogP contribution < -0.4 is 10.5 Å². The average molecular weight is 518 g/mol. The molecule has 0 amide bonds. The monoisotopic (exact) mass is 516 g/mol.